The first-order valence-electron chi connectivity index (χ1n) is 11.5. The van der Waals surface area contributed by atoms with Crippen molar-refractivity contribution in [1.82, 2.24) is 0 Å². The summed E-state index contributed by atoms with van der Waals surface area (Å²) in [5.41, 5.74) is 0. The van der Waals surface area contributed by atoms with Gasteiger partial charge in [-0.1, -0.05) is 104 Å². The van der Waals surface area contributed by atoms with E-state index in [1.165, 1.54) is 38.5 Å². The SMILES string of the molecule is CCCCCCCCC(O)CCCCCC(CCCCCCC)S(=O)(=O)[O-].[Na+]. The molecular formula is C22H45NaO4S. The molecule has 0 aliphatic rings. The fourth-order valence-electron chi connectivity index (χ4n) is 3.64. The van der Waals surface area contributed by atoms with Crippen molar-refractivity contribution in [3.63, 3.8) is 0 Å². The summed E-state index contributed by atoms with van der Waals surface area (Å²) in [4.78, 5) is 0. The zero-order valence-electron chi connectivity index (χ0n) is 19.0. The molecule has 0 aliphatic carbocycles. The van der Waals surface area contributed by atoms with Gasteiger partial charge in [-0.25, -0.2) is 8.42 Å². The number of hydrogen-bond acceptors (Lipinski definition) is 4. The second-order valence-electron chi connectivity index (χ2n) is 8.17. The zero-order valence-corrected chi connectivity index (χ0v) is 21.8. The quantitative estimate of drug-likeness (QED) is 0.183. The summed E-state index contributed by atoms with van der Waals surface area (Å²) in [5.74, 6) is 0. The molecule has 0 saturated carbocycles. The zero-order chi connectivity index (χ0) is 20.4. The monoisotopic (exact) mass is 428 g/mol. The van der Waals surface area contributed by atoms with Crippen molar-refractivity contribution in [3.8, 4) is 0 Å². The Morgan fingerprint density at radius 2 is 0.964 bits per heavy atom. The van der Waals surface area contributed by atoms with Crippen LogP contribution in [-0.2, 0) is 10.1 Å². The third-order valence-corrected chi connectivity index (χ3v) is 6.78. The van der Waals surface area contributed by atoms with Crippen molar-refractivity contribution in [1.29, 1.82) is 0 Å². The molecule has 28 heavy (non-hydrogen) atoms. The Morgan fingerprint density at radius 3 is 1.36 bits per heavy atom. The molecule has 164 valence electrons. The number of aliphatic hydroxyl groups is 1. The molecule has 2 atom stereocenters. The topological polar surface area (TPSA) is 77.4 Å². The molecule has 0 rings (SSSR count). The van der Waals surface area contributed by atoms with Crippen LogP contribution in [0.2, 0.25) is 0 Å². The minimum atomic E-state index is -4.18. The maximum atomic E-state index is 11.4. The van der Waals surface area contributed by atoms with Crippen LogP contribution in [0.4, 0.5) is 0 Å². The van der Waals surface area contributed by atoms with Crippen LogP contribution in [0.3, 0.4) is 0 Å². The van der Waals surface area contributed by atoms with Gasteiger partial charge >= 0.3 is 29.6 Å². The summed E-state index contributed by atoms with van der Waals surface area (Å²) in [5, 5.41) is 9.32. The number of aliphatic hydroxyl groups excluding tert-OH is 1. The number of hydrogen-bond donors (Lipinski definition) is 1. The van der Waals surface area contributed by atoms with Crippen LogP contribution < -0.4 is 29.6 Å². The van der Waals surface area contributed by atoms with Crippen LogP contribution >= 0.6 is 0 Å². The van der Waals surface area contributed by atoms with Crippen LogP contribution in [0, 0.1) is 0 Å². The minimum absolute atomic E-state index is 0. The summed E-state index contributed by atoms with van der Waals surface area (Å²) in [6.45, 7) is 4.36. The van der Waals surface area contributed by atoms with Gasteiger partial charge in [-0.3, -0.25) is 0 Å². The van der Waals surface area contributed by atoms with Gasteiger partial charge in [0, 0.05) is 5.25 Å². The van der Waals surface area contributed by atoms with Crippen LogP contribution in [0.5, 0.6) is 0 Å². The van der Waals surface area contributed by atoms with Crippen LogP contribution in [-0.4, -0.2) is 29.4 Å². The van der Waals surface area contributed by atoms with Crippen molar-refractivity contribution in [2.75, 3.05) is 0 Å². The van der Waals surface area contributed by atoms with Crippen LogP contribution in [0.1, 0.15) is 129 Å². The van der Waals surface area contributed by atoms with Gasteiger partial charge in [0.05, 0.1) is 16.2 Å². The Hall–Kier alpha value is 0.870. The van der Waals surface area contributed by atoms with Gasteiger partial charge in [-0.2, -0.15) is 0 Å². The summed E-state index contributed by atoms with van der Waals surface area (Å²) in [7, 11) is -4.18. The predicted molar refractivity (Wildman–Crippen MR) is 114 cm³/mol. The van der Waals surface area contributed by atoms with Gasteiger partial charge in [0.25, 0.3) is 0 Å². The molecular weight excluding hydrogens is 383 g/mol. The average molecular weight is 429 g/mol. The molecule has 0 saturated heterocycles. The predicted octanol–water partition coefficient (Wildman–Crippen LogP) is 3.33. The van der Waals surface area contributed by atoms with Crippen LogP contribution in [0.25, 0.3) is 0 Å². The molecule has 0 bridgehead atoms. The number of unbranched alkanes of at least 4 members (excludes halogenated alkanes) is 11. The molecule has 2 unspecified atom stereocenters. The summed E-state index contributed by atoms with van der Waals surface area (Å²) < 4.78 is 34.3. The first-order valence-corrected chi connectivity index (χ1v) is 13.0. The van der Waals surface area contributed by atoms with Crippen molar-refractivity contribution in [2.24, 2.45) is 0 Å². The van der Waals surface area contributed by atoms with Crippen molar-refractivity contribution >= 4 is 10.1 Å². The summed E-state index contributed by atoms with van der Waals surface area (Å²) in [6, 6.07) is 0. The maximum absolute atomic E-state index is 11.4. The van der Waals surface area contributed by atoms with Crippen molar-refractivity contribution in [2.45, 2.75) is 141 Å². The fraction of sp³-hybridized carbons (Fsp3) is 1.00. The fourth-order valence-corrected chi connectivity index (χ4v) is 4.55. The van der Waals surface area contributed by atoms with Gasteiger partial charge in [0.2, 0.25) is 0 Å². The normalized spacial score (nSPS) is 13.9. The van der Waals surface area contributed by atoms with Crippen LogP contribution in [0.15, 0.2) is 0 Å². The van der Waals surface area contributed by atoms with E-state index in [0.29, 0.717) is 12.8 Å². The average Bonchev–Trinajstić information content (AvgIpc) is 2.61. The smallest absolute Gasteiger partial charge is 0.748 e. The van der Waals surface area contributed by atoms with E-state index in [9.17, 15) is 18.1 Å². The molecule has 0 aromatic rings. The van der Waals surface area contributed by atoms with Gasteiger partial charge in [-0.05, 0) is 25.7 Å². The third kappa shape index (κ3) is 20.2. The molecule has 1 N–H and O–H groups in total. The Bertz CT molecular complexity index is 415. The first-order chi connectivity index (χ1) is 12.9. The molecule has 0 spiro atoms. The summed E-state index contributed by atoms with van der Waals surface area (Å²) >= 11 is 0. The van der Waals surface area contributed by atoms with E-state index in [1.54, 1.807) is 0 Å². The van der Waals surface area contributed by atoms with E-state index in [-0.39, 0.29) is 35.7 Å². The molecule has 0 aromatic heterocycles. The van der Waals surface area contributed by atoms with E-state index in [0.717, 1.165) is 64.2 Å². The summed E-state index contributed by atoms with van der Waals surface area (Å²) in [6.07, 6.45) is 17.8. The Kier molecular flexibility index (Phi) is 23.4. The molecule has 0 heterocycles. The number of rotatable bonds is 20. The van der Waals surface area contributed by atoms with Crippen molar-refractivity contribution in [3.05, 3.63) is 0 Å². The molecule has 0 radical (unpaired) electrons. The molecule has 6 heteroatoms. The van der Waals surface area contributed by atoms with E-state index in [2.05, 4.69) is 13.8 Å². The van der Waals surface area contributed by atoms with Gasteiger partial charge in [0.15, 0.2) is 0 Å². The van der Waals surface area contributed by atoms with Gasteiger partial charge in [0.1, 0.15) is 0 Å². The Morgan fingerprint density at radius 1 is 0.643 bits per heavy atom. The Balaban J connectivity index is 0. The largest absolute Gasteiger partial charge is 1.00 e. The molecule has 0 aromatic carbocycles. The molecule has 0 fully saturated rings. The standard InChI is InChI=1S/C22H46O4S.Na/c1-3-5-7-9-11-13-17-21(23)18-14-12-16-20-22(27(24,25)26)19-15-10-8-6-4-2;/h21-23H,3-20H2,1-2H3,(H,24,25,26);/q;+1/p-1. The van der Waals surface area contributed by atoms with E-state index >= 15 is 0 Å². The maximum Gasteiger partial charge on any atom is 1.00 e. The first kappa shape index (κ1) is 31.1. The molecule has 4 nitrogen and oxygen atoms in total. The molecule has 0 amide bonds. The van der Waals surface area contributed by atoms with Crippen molar-refractivity contribution < 1.29 is 47.6 Å². The Labute approximate surface area is 197 Å². The second-order valence-corrected chi connectivity index (χ2v) is 9.82. The third-order valence-electron chi connectivity index (χ3n) is 5.49. The van der Waals surface area contributed by atoms with E-state index in [4.69, 9.17) is 0 Å². The molecule has 0 aliphatic heterocycles. The minimum Gasteiger partial charge on any atom is -0.748 e. The van der Waals surface area contributed by atoms with E-state index < -0.39 is 15.4 Å². The van der Waals surface area contributed by atoms with Gasteiger partial charge < -0.3 is 9.66 Å². The second kappa shape index (κ2) is 21.1. The van der Waals surface area contributed by atoms with E-state index in [1.807, 2.05) is 0 Å². The van der Waals surface area contributed by atoms with Gasteiger partial charge in [-0.15, -0.1) is 0 Å².